The van der Waals surface area contributed by atoms with Gasteiger partial charge in [-0.05, 0) is 28.7 Å². The second-order valence-corrected chi connectivity index (χ2v) is 8.46. The van der Waals surface area contributed by atoms with Crippen molar-refractivity contribution in [1.29, 1.82) is 0 Å². The summed E-state index contributed by atoms with van der Waals surface area (Å²) in [6.07, 6.45) is 0.230. The molecule has 2 amide bonds. The number of hydrogen-bond acceptors (Lipinski definition) is 2. The van der Waals surface area contributed by atoms with Gasteiger partial charge in [0.25, 0.3) is 0 Å². The standard InChI is InChI=1S/C22H25ClN2O2/c1-22(2,3)17-9-5-7-11-19(17)24-21(27)16-12-20(26)25(14-16)13-15-8-4-6-10-18(15)23/h4-11,16H,12-14H2,1-3H3,(H,24,27). The average molecular weight is 385 g/mol. The Bertz CT molecular complexity index is 857. The van der Waals surface area contributed by atoms with Crippen LogP contribution in [-0.2, 0) is 21.5 Å². The third-order valence-corrected chi connectivity index (χ3v) is 5.27. The summed E-state index contributed by atoms with van der Waals surface area (Å²) in [4.78, 5) is 26.9. The van der Waals surface area contributed by atoms with E-state index in [1.54, 1.807) is 4.90 Å². The van der Waals surface area contributed by atoms with E-state index >= 15 is 0 Å². The van der Waals surface area contributed by atoms with Crippen molar-refractivity contribution in [2.75, 3.05) is 11.9 Å². The molecule has 0 aliphatic carbocycles. The molecule has 0 spiro atoms. The van der Waals surface area contributed by atoms with E-state index in [1.165, 1.54) is 0 Å². The number of hydrogen-bond donors (Lipinski definition) is 1. The maximum Gasteiger partial charge on any atom is 0.229 e. The molecule has 1 heterocycles. The highest BCUT2D eigenvalue weighted by atomic mass is 35.5. The third kappa shape index (κ3) is 4.51. The van der Waals surface area contributed by atoms with Crippen molar-refractivity contribution in [3.05, 3.63) is 64.7 Å². The lowest BCUT2D eigenvalue weighted by molar-refractivity contribution is -0.128. The predicted molar refractivity (Wildman–Crippen MR) is 109 cm³/mol. The van der Waals surface area contributed by atoms with Crippen molar-refractivity contribution in [1.82, 2.24) is 4.90 Å². The molecule has 0 bridgehead atoms. The highest BCUT2D eigenvalue weighted by Gasteiger charge is 2.35. The molecule has 4 nitrogen and oxygen atoms in total. The minimum atomic E-state index is -0.354. The molecule has 1 aliphatic rings. The number of carbonyl (C=O) groups is 2. The maximum atomic E-state index is 12.8. The highest BCUT2D eigenvalue weighted by Crippen LogP contribution is 2.30. The zero-order valence-corrected chi connectivity index (χ0v) is 16.7. The number of anilines is 1. The maximum absolute atomic E-state index is 12.8. The number of benzene rings is 2. The summed E-state index contributed by atoms with van der Waals surface area (Å²) in [7, 11) is 0. The van der Waals surface area contributed by atoms with Crippen LogP contribution in [0.15, 0.2) is 48.5 Å². The number of rotatable bonds is 4. The van der Waals surface area contributed by atoms with Crippen LogP contribution in [-0.4, -0.2) is 23.3 Å². The smallest absolute Gasteiger partial charge is 0.229 e. The number of carbonyl (C=O) groups excluding carboxylic acids is 2. The summed E-state index contributed by atoms with van der Waals surface area (Å²) in [5.41, 5.74) is 2.71. The fraction of sp³-hybridized carbons (Fsp3) is 0.364. The molecule has 1 aliphatic heterocycles. The van der Waals surface area contributed by atoms with Gasteiger partial charge in [-0.1, -0.05) is 68.8 Å². The molecule has 2 aromatic rings. The van der Waals surface area contributed by atoms with Gasteiger partial charge in [0.15, 0.2) is 0 Å². The van der Waals surface area contributed by atoms with E-state index in [4.69, 9.17) is 11.6 Å². The monoisotopic (exact) mass is 384 g/mol. The lowest BCUT2D eigenvalue weighted by Gasteiger charge is -2.23. The van der Waals surface area contributed by atoms with E-state index in [0.29, 0.717) is 18.1 Å². The molecule has 1 unspecified atom stereocenters. The van der Waals surface area contributed by atoms with Gasteiger partial charge in [0.05, 0.1) is 5.92 Å². The van der Waals surface area contributed by atoms with Crippen LogP contribution >= 0.6 is 11.6 Å². The molecular formula is C22H25ClN2O2. The molecule has 1 atom stereocenters. The predicted octanol–water partition coefficient (Wildman–Crippen LogP) is 4.62. The Morgan fingerprint density at radius 3 is 2.52 bits per heavy atom. The second-order valence-electron chi connectivity index (χ2n) is 8.05. The summed E-state index contributed by atoms with van der Waals surface area (Å²) in [5, 5.41) is 3.67. The lowest BCUT2D eigenvalue weighted by Crippen LogP contribution is -2.28. The van der Waals surface area contributed by atoms with E-state index in [-0.39, 0.29) is 29.6 Å². The van der Waals surface area contributed by atoms with Gasteiger partial charge in [-0.3, -0.25) is 9.59 Å². The van der Waals surface area contributed by atoms with Crippen LogP contribution in [0.2, 0.25) is 5.02 Å². The van der Waals surface area contributed by atoms with Crippen molar-refractivity contribution in [3.63, 3.8) is 0 Å². The van der Waals surface area contributed by atoms with Crippen molar-refractivity contribution in [2.24, 2.45) is 5.92 Å². The molecule has 0 aromatic heterocycles. The van der Waals surface area contributed by atoms with Crippen molar-refractivity contribution in [2.45, 2.75) is 39.2 Å². The van der Waals surface area contributed by atoms with Crippen LogP contribution in [0, 0.1) is 5.92 Å². The van der Waals surface area contributed by atoms with Crippen LogP contribution in [0.1, 0.15) is 38.3 Å². The Balaban J connectivity index is 1.69. The van der Waals surface area contributed by atoms with E-state index < -0.39 is 0 Å². The third-order valence-electron chi connectivity index (χ3n) is 4.90. The Morgan fingerprint density at radius 2 is 1.81 bits per heavy atom. The highest BCUT2D eigenvalue weighted by molar-refractivity contribution is 6.31. The van der Waals surface area contributed by atoms with Crippen molar-refractivity contribution >= 4 is 29.1 Å². The molecule has 2 aromatic carbocycles. The number of amides is 2. The van der Waals surface area contributed by atoms with E-state index in [2.05, 4.69) is 26.1 Å². The largest absolute Gasteiger partial charge is 0.337 e. The van der Waals surface area contributed by atoms with Crippen LogP contribution in [0.4, 0.5) is 5.69 Å². The van der Waals surface area contributed by atoms with Crippen molar-refractivity contribution in [3.8, 4) is 0 Å². The first-order chi connectivity index (χ1) is 12.8. The Labute approximate surface area is 165 Å². The van der Waals surface area contributed by atoms with E-state index in [0.717, 1.165) is 16.8 Å². The molecule has 1 N–H and O–H groups in total. The summed E-state index contributed by atoms with van der Waals surface area (Å²) >= 11 is 6.20. The zero-order valence-electron chi connectivity index (χ0n) is 16.0. The van der Waals surface area contributed by atoms with Gasteiger partial charge in [0, 0.05) is 30.2 Å². The molecule has 1 saturated heterocycles. The second kappa shape index (κ2) is 7.73. The van der Waals surface area contributed by atoms with Gasteiger partial charge >= 0.3 is 0 Å². The van der Waals surface area contributed by atoms with Gasteiger partial charge in [-0.2, -0.15) is 0 Å². The molecule has 0 radical (unpaired) electrons. The molecule has 27 heavy (non-hydrogen) atoms. The Morgan fingerprint density at radius 1 is 1.15 bits per heavy atom. The summed E-state index contributed by atoms with van der Waals surface area (Å²) in [5.74, 6) is -0.478. The normalized spacial score (nSPS) is 17.3. The minimum Gasteiger partial charge on any atom is -0.337 e. The number of nitrogens with one attached hydrogen (secondary N) is 1. The molecule has 0 saturated carbocycles. The van der Waals surface area contributed by atoms with E-state index in [1.807, 2.05) is 48.5 Å². The SMILES string of the molecule is CC(C)(C)c1ccccc1NC(=O)C1CC(=O)N(Cc2ccccc2Cl)C1. The van der Waals surface area contributed by atoms with Crippen LogP contribution in [0.3, 0.4) is 0 Å². The molecule has 1 fully saturated rings. The van der Waals surface area contributed by atoms with Gasteiger partial charge in [0.1, 0.15) is 0 Å². The zero-order chi connectivity index (χ0) is 19.6. The first-order valence-electron chi connectivity index (χ1n) is 9.17. The Hall–Kier alpha value is -2.33. The van der Waals surface area contributed by atoms with Gasteiger partial charge in [0.2, 0.25) is 11.8 Å². The fourth-order valence-corrected chi connectivity index (χ4v) is 3.61. The topological polar surface area (TPSA) is 49.4 Å². The lowest BCUT2D eigenvalue weighted by atomic mass is 9.85. The molecule has 142 valence electrons. The molecular weight excluding hydrogens is 360 g/mol. The summed E-state index contributed by atoms with van der Waals surface area (Å²) < 4.78 is 0. The number of para-hydroxylation sites is 1. The quantitative estimate of drug-likeness (QED) is 0.835. The van der Waals surface area contributed by atoms with Gasteiger partial charge in [-0.25, -0.2) is 0 Å². The fourth-order valence-electron chi connectivity index (χ4n) is 3.41. The van der Waals surface area contributed by atoms with Gasteiger partial charge < -0.3 is 10.2 Å². The van der Waals surface area contributed by atoms with E-state index in [9.17, 15) is 9.59 Å². The number of likely N-dealkylation sites (tertiary alicyclic amines) is 1. The summed E-state index contributed by atoms with van der Waals surface area (Å²) in [6, 6.07) is 15.3. The minimum absolute atomic E-state index is 0.0147. The average Bonchev–Trinajstić information content (AvgIpc) is 2.97. The summed E-state index contributed by atoms with van der Waals surface area (Å²) in [6.45, 7) is 7.18. The first kappa shape index (κ1) is 19.4. The Kier molecular flexibility index (Phi) is 5.56. The molecule has 5 heteroatoms. The van der Waals surface area contributed by atoms with Crippen LogP contribution < -0.4 is 5.32 Å². The van der Waals surface area contributed by atoms with Crippen LogP contribution in [0.5, 0.6) is 0 Å². The first-order valence-corrected chi connectivity index (χ1v) is 9.55. The number of nitrogens with zero attached hydrogens (tertiary/aromatic N) is 1. The molecule has 3 rings (SSSR count). The number of halogens is 1. The van der Waals surface area contributed by atoms with Crippen molar-refractivity contribution < 1.29 is 9.59 Å². The van der Waals surface area contributed by atoms with Crippen LogP contribution in [0.25, 0.3) is 0 Å². The van der Waals surface area contributed by atoms with Gasteiger partial charge in [-0.15, -0.1) is 0 Å².